The maximum Gasteiger partial charge on any atom is 0.245 e. The molecule has 0 bridgehead atoms. The molecule has 1 amide bonds. The van der Waals surface area contributed by atoms with Crippen LogP contribution in [0.5, 0.6) is 0 Å². The Morgan fingerprint density at radius 2 is 1.67 bits per heavy atom. The number of benzene rings is 1. The molecule has 21 heavy (non-hydrogen) atoms. The van der Waals surface area contributed by atoms with Crippen LogP contribution in [0.25, 0.3) is 11.3 Å². The van der Waals surface area contributed by atoms with Gasteiger partial charge in [-0.1, -0.05) is 44.2 Å². The number of aromatic nitrogens is 2. The molecule has 0 fully saturated rings. The minimum absolute atomic E-state index is 0.231. The zero-order valence-corrected chi connectivity index (χ0v) is 13.1. The van der Waals surface area contributed by atoms with E-state index in [4.69, 9.17) is 0 Å². The number of rotatable bonds is 2. The minimum atomic E-state index is -0.242. The molecular weight excluding hydrogens is 266 g/mol. The summed E-state index contributed by atoms with van der Waals surface area (Å²) in [5.41, 5.74) is 2.38. The zero-order valence-electron chi connectivity index (χ0n) is 13.1. The first-order chi connectivity index (χ1) is 10.0. The number of carbonyl (C=O) groups excluding carboxylic acids is 2. The Kier molecular flexibility index (Phi) is 5.84. The van der Waals surface area contributed by atoms with E-state index in [0.29, 0.717) is 11.5 Å². The van der Waals surface area contributed by atoms with Crippen LogP contribution in [0.1, 0.15) is 38.1 Å². The first kappa shape index (κ1) is 16.6. The Morgan fingerprint density at radius 3 is 2.14 bits per heavy atom. The highest BCUT2D eigenvalue weighted by atomic mass is 16.2. The molecule has 1 aromatic carbocycles. The highest BCUT2D eigenvalue weighted by Crippen LogP contribution is 2.27. The topological polar surface area (TPSA) is 64.0 Å². The first-order valence-electron chi connectivity index (χ1n) is 6.94. The lowest BCUT2D eigenvalue weighted by atomic mass is 10.1. The Bertz CT molecular complexity index is 630. The van der Waals surface area contributed by atoms with Crippen LogP contribution in [0.15, 0.2) is 30.3 Å². The number of carbonyl (C=O) groups is 2. The smallest absolute Gasteiger partial charge is 0.245 e. The summed E-state index contributed by atoms with van der Waals surface area (Å²) in [5.74, 6) is -0.0435. The monoisotopic (exact) mass is 287 g/mol. The van der Waals surface area contributed by atoms with Crippen LogP contribution >= 0.6 is 0 Å². The van der Waals surface area contributed by atoms with E-state index in [1.165, 1.54) is 18.5 Å². The summed E-state index contributed by atoms with van der Waals surface area (Å²) in [6.45, 7) is 8.64. The highest BCUT2D eigenvalue weighted by molar-refractivity contribution is 5.93. The Hall–Kier alpha value is -2.43. The summed E-state index contributed by atoms with van der Waals surface area (Å²) in [6, 6.07) is 9.55. The lowest BCUT2D eigenvalue weighted by Gasteiger charge is -2.04. The van der Waals surface area contributed by atoms with Gasteiger partial charge >= 0.3 is 0 Å². The molecule has 0 unspecified atom stereocenters. The number of nitrogens with zero attached hydrogens (tertiary/aromatic N) is 2. The third-order valence-electron chi connectivity index (χ3n) is 2.76. The predicted molar refractivity (Wildman–Crippen MR) is 84.4 cm³/mol. The molecule has 1 heterocycles. The van der Waals surface area contributed by atoms with Gasteiger partial charge < -0.3 is 5.32 Å². The van der Waals surface area contributed by atoms with E-state index in [-0.39, 0.29) is 11.8 Å². The van der Waals surface area contributed by atoms with Crippen LogP contribution in [0.3, 0.4) is 0 Å². The highest BCUT2D eigenvalue weighted by Gasteiger charge is 2.18. The van der Waals surface area contributed by atoms with Crippen molar-refractivity contribution in [2.24, 2.45) is 0 Å². The number of anilines is 1. The van der Waals surface area contributed by atoms with Crippen molar-refractivity contribution in [2.45, 2.75) is 34.6 Å². The van der Waals surface area contributed by atoms with Crippen molar-refractivity contribution in [3.8, 4) is 11.3 Å². The van der Waals surface area contributed by atoms with Crippen molar-refractivity contribution >= 4 is 17.6 Å². The molecule has 0 spiro atoms. The van der Waals surface area contributed by atoms with E-state index in [0.717, 1.165) is 11.1 Å². The molecule has 0 radical (unpaired) electrons. The van der Waals surface area contributed by atoms with Crippen LogP contribution in [-0.2, 0) is 4.79 Å². The SMILES string of the molecule is CC.CC(=O)Nc1c(C)c(-c2ccccc2)nn1C(C)=O. The van der Waals surface area contributed by atoms with Gasteiger partial charge in [0.2, 0.25) is 11.8 Å². The second kappa shape index (κ2) is 7.38. The standard InChI is InChI=1S/C14H15N3O2.C2H6/c1-9-13(12-7-5-4-6-8-12)16-17(11(3)19)14(9)15-10(2)18;1-2/h4-8H,1-3H3,(H,15,18);1-2H3. The zero-order chi connectivity index (χ0) is 16.0. The molecule has 112 valence electrons. The van der Waals surface area contributed by atoms with Crippen molar-refractivity contribution in [2.75, 3.05) is 5.32 Å². The molecule has 0 aliphatic rings. The van der Waals surface area contributed by atoms with Gasteiger partial charge in [-0.25, -0.2) is 0 Å². The molecule has 1 aromatic heterocycles. The van der Waals surface area contributed by atoms with E-state index in [1.54, 1.807) is 0 Å². The van der Waals surface area contributed by atoms with Crippen LogP contribution in [0.2, 0.25) is 0 Å². The van der Waals surface area contributed by atoms with Gasteiger partial charge in [-0.2, -0.15) is 9.78 Å². The average molecular weight is 287 g/mol. The third kappa shape index (κ3) is 3.78. The van der Waals surface area contributed by atoms with Crippen LogP contribution in [0, 0.1) is 6.92 Å². The molecule has 0 aliphatic heterocycles. The van der Waals surface area contributed by atoms with Crippen molar-refractivity contribution in [1.82, 2.24) is 9.78 Å². The molecule has 0 aliphatic carbocycles. The van der Waals surface area contributed by atoms with Gasteiger partial charge in [-0.15, -0.1) is 0 Å². The minimum Gasteiger partial charge on any atom is -0.310 e. The van der Waals surface area contributed by atoms with E-state index < -0.39 is 0 Å². The van der Waals surface area contributed by atoms with Gasteiger partial charge in [0.1, 0.15) is 5.82 Å². The van der Waals surface area contributed by atoms with Crippen molar-refractivity contribution in [1.29, 1.82) is 0 Å². The molecule has 1 N–H and O–H groups in total. The van der Waals surface area contributed by atoms with E-state index in [2.05, 4.69) is 10.4 Å². The Labute approximate surface area is 125 Å². The molecule has 0 saturated carbocycles. The number of hydrogen-bond donors (Lipinski definition) is 1. The second-order valence-electron chi connectivity index (χ2n) is 4.30. The molecule has 2 aromatic rings. The van der Waals surface area contributed by atoms with Crippen LogP contribution in [0.4, 0.5) is 5.82 Å². The summed E-state index contributed by atoms with van der Waals surface area (Å²) in [4.78, 5) is 22.8. The molecular formula is C16H21N3O2. The maximum absolute atomic E-state index is 11.6. The fourth-order valence-electron chi connectivity index (χ4n) is 1.91. The van der Waals surface area contributed by atoms with Gasteiger partial charge in [0.05, 0.1) is 5.69 Å². The number of hydrogen-bond acceptors (Lipinski definition) is 3. The normalized spacial score (nSPS) is 9.57. The first-order valence-corrected chi connectivity index (χ1v) is 6.94. The van der Waals surface area contributed by atoms with Gasteiger partial charge in [-0.3, -0.25) is 9.59 Å². The molecule has 0 atom stereocenters. The Balaban J connectivity index is 0.00000106. The second-order valence-corrected chi connectivity index (χ2v) is 4.30. The summed E-state index contributed by atoms with van der Waals surface area (Å²) in [5, 5.41) is 6.94. The van der Waals surface area contributed by atoms with Crippen molar-refractivity contribution in [3.63, 3.8) is 0 Å². The van der Waals surface area contributed by atoms with E-state index in [1.807, 2.05) is 51.1 Å². The summed E-state index contributed by atoms with van der Waals surface area (Å²) < 4.78 is 1.22. The fourth-order valence-corrected chi connectivity index (χ4v) is 1.91. The van der Waals surface area contributed by atoms with E-state index in [9.17, 15) is 9.59 Å². The lowest BCUT2D eigenvalue weighted by Crippen LogP contribution is -2.16. The van der Waals surface area contributed by atoms with Crippen molar-refractivity contribution < 1.29 is 9.59 Å². The fraction of sp³-hybridized carbons (Fsp3) is 0.312. The maximum atomic E-state index is 11.6. The summed E-state index contributed by atoms with van der Waals surface area (Å²) >= 11 is 0. The molecule has 5 nitrogen and oxygen atoms in total. The quantitative estimate of drug-likeness (QED) is 0.919. The third-order valence-corrected chi connectivity index (χ3v) is 2.76. The van der Waals surface area contributed by atoms with Crippen molar-refractivity contribution in [3.05, 3.63) is 35.9 Å². The molecule has 0 saturated heterocycles. The van der Waals surface area contributed by atoms with E-state index >= 15 is 0 Å². The van der Waals surface area contributed by atoms with Crippen LogP contribution in [-0.4, -0.2) is 21.6 Å². The van der Waals surface area contributed by atoms with Gasteiger partial charge in [0.15, 0.2) is 0 Å². The van der Waals surface area contributed by atoms with Gasteiger partial charge in [0, 0.05) is 25.0 Å². The van der Waals surface area contributed by atoms with Crippen LogP contribution < -0.4 is 5.32 Å². The molecule has 5 heteroatoms. The predicted octanol–water partition coefficient (Wildman–Crippen LogP) is 3.50. The largest absolute Gasteiger partial charge is 0.310 e. The Morgan fingerprint density at radius 1 is 1.10 bits per heavy atom. The summed E-state index contributed by atoms with van der Waals surface area (Å²) in [7, 11) is 0. The number of nitrogens with one attached hydrogen (secondary N) is 1. The number of amides is 1. The van der Waals surface area contributed by atoms with Gasteiger partial charge in [-0.05, 0) is 6.92 Å². The lowest BCUT2D eigenvalue weighted by molar-refractivity contribution is -0.114. The summed E-state index contributed by atoms with van der Waals surface area (Å²) in [6.07, 6.45) is 0. The average Bonchev–Trinajstić information content (AvgIpc) is 2.79. The van der Waals surface area contributed by atoms with Gasteiger partial charge in [0.25, 0.3) is 0 Å². The molecule has 2 rings (SSSR count).